The lowest BCUT2D eigenvalue weighted by molar-refractivity contribution is -0.147. The largest absolute Gasteiger partial charge is 0.481 e. The quantitative estimate of drug-likeness (QED) is 0.766. The predicted octanol–water partition coefficient (Wildman–Crippen LogP) is 2.55. The molecule has 1 aromatic heterocycles. The minimum absolute atomic E-state index is 0.330. The van der Waals surface area contributed by atoms with E-state index in [9.17, 15) is 19.5 Å². The maximum Gasteiger partial charge on any atom is 0.307 e. The molecular weight excluding hydrogens is 316 g/mol. The molecule has 0 radical (unpaired) electrons. The van der Waals surface area contributed by atoms with Gasteiger partial charge in [0, 0.05) is 4.88 Å². The molecular formula is C16H22N2O4S. The second-order valence-corrected chi connectivity index (χ2v) is 7.11. The number of carboxylic acids is 1. The van der Waals surface area contributed by atoms with Gasteiger partial charge in [0.2, 0.25) is 5.91 Å². The van der Waals surface area contributed by atoms with Crippen LogP contribution in [-0.2, 0) is 16.0 Å². The van der Waals surface area contributed by atoms with Crippen LogP contribution in [0.1, 0.15) is 53.4 Å². The van der Waals surface area contributed by atoms with Gasteiger partial charge in [-0.15, -0.1) is 11.3 Å². The fraction of sp³-hybridized carbons (Fsp3) is 0.562. The number of amides is 2. The molecule has 7 heteroatoms. The molecule has 1 heterocycles. The minimum Gasteiger partial charge on any atom is -0.481 e. The summed E-state index contributed by atoms with van der Waals surface area (Å²) in [5, 5.41) is 12.5. The Morgan fingerprint density at radius 2 is 1.87 bits per heavy atom. The SMILES string of the molecule is CCc1c(C)sc(NC(=O)[C@@H]2CCCC[C@@H]2C(=O)O)c1C(N)=O. The zero-order valence-corrected chi connectivity index (χ0v) is 14.2. The van der Waals surface area contributed by atoms with Gasteiger partial charge in [0.25, 0.3) is 5.91 Å². The Morgan fingerprint density at radius 3 is 2.39 bits per heavy atom. The Hall–Kier alpha value is -1.89. The van der Waals surface area contributed by atoms with Crippen molar-refractivity contribution in [2.24, 2.45) is 17.6 Å². The number of aliphatic carboxylic acids is 1. The number of aryl methyl sites for hydroxylation is 1. The second-order valence-electron chi connectivity index (χ2n) is 5.88. The van der Waals surface area contributed by atoms with E-state index in [1.165, 1.54) is 11.3 Å². The molecule has 0 aliphatic heterocycles. The zero-order valence-electron chi connectivity index (χ0n) is 13.3. The number of primary amides is 1. The molecule has 0 spiro atoms. The fourth-order valence-corrected chi connectivity index (χ4v) is 4.45. The van der Waals surface area contributed by atoms with Gasteiger partial charge in [-0.05, 0) is 31.7 Å². The van der Waals surface area contributed by atoms with E-state index in [0.717, 1.165) is 23.3 Å². The molecule has 0 bridgehead atoms. The van der Waals surface area contributed by atoms with E-state index in [1.54, 1.807) is 0 Å². The number of nitrogens with one attached hydrogen (secondary N) is 1. The molecule has 23 heavy (non-hydrogen) atoms. The van der Waals surface area contributed by atoms with E-state index in [4.69, 9.17) is 5.73 Å². The van der Waals surface area contributed by atoms with E-state index in [0.29, 0.717) is 29.8 Å². The van der Waals surface area contributed by atoms with Crippen molar-refractivity contribution in [3.8, 4) is 0 Å². The topological polar surface area (TPSA) is 109 Å². The van der Waals surface area contributed by atoms with E-state index in [-0.39, 0.29) is 5.91 Å². The van der Waals surface area contributed by atoms with Crippen LogP contribution in [0.2, 0.25) is 0 Å². The summed E-state index contributed by atoms with van der Waals surface area (Å²) in [6.07, 6.45) is 3.39. The summed E-state index contributed by atoms with van der Waals surface area (Å²) >= 11 is 1.32. The van der Waals surface area contributed by atoms with Gasteiger partial charge >= 0.3 is 5.97 Å². The summed E-state index contributed by atoms with van der Waals surface area (Å²) in [6.45, 7) is 3.81. The highest BCUT2D eigenvalue weighted by molar-refractivity contribution is 7.16. The van der Waals surface area contributed by atoms with Crippen molar-refractivity contribution in [2.75, 3.05) is 5.32 Å². The summed E-state index contributed by atoms with van der Waals surface area (Å²) < 4.78 is 0. The number of carbonyl (C=O) groups is 3. The van der Waals surface area contributed by atoms with Gasteiger partial charge in [-0.2, -0.15) is 0 Å². The molecule has 2 rings (SSSR count). The molecule has 2 atom stereocenters. The number of carboxylic acid groups (broad SMARTS) is 1. The predicted molar refractivity (Wildman–Crippen MR) is 88.7 cm³/mol. The monoisotopic (exact) mass is 338 g/mol. The van der Waals surface area contributed by atoms with Gasteiger partial charge in [0.1, 0.15) is 5.00 Å². The van der Waals surface area contributed by atoms with Crippen molar-refractivity contribution in [1.29, 1.82) is 0 Å². The molecule has 0 aromatic carbocycles. The third-order valence-corrected chi connectivity index (χ3v) is 5.53. The standard InChI is InChI=1S/C16H22N2O4S/c1-3-9-8(2)23-15(12(9)13(17)19)18-14(20)10-6-4-5-7-11(10)16(21)22/h10-11H,3-7H2,1-2H3,(H2,17,19)(H,18,20)(H,21,22)/t10-,11+/m1/s1. The van der Waals surface area contributed by atoms with Crippen LogP contribution >= 0.6 is 11.3 Å². The Morgan fingerprint density at radius 1 is 1.26 bits per heavy atom. The number of anilines is 1. The van der Waals surface area contributed by atoms with Gasteiger partial charge in [-0.1, -0.05) is 19.8 Å². The highest BCUT2D eigenvalue weighted by atomic mass is 32.1. The average Bonchev–Trinajstić information content (AvgIpc) is 2.82. The normalized spacial score (nSPS) is 21.0. The molecule has 2 amide bonds. The van der Waals surface area contributed by atoms with E-state index >= 15 is 0 Å². The summed E-state index contributed by atoms with van der Waals surface area (Å²) in [6, 6.07) is 0. The van der Waals surface area contributed by atoms with Crippen LogP contribution in [0.5, 0.6) is 0 Å². The van der Waals surface area contributed by atoms with Crippen molar-refractivity contribution < 1.29 is 19.5 Å². The average molecular weight is 338 g/mol. The first kappa shape index (κ1) is 17.5. The summed E-state index contributed by atoms with van der Waals surface area (Å²) in [5.41, 5.74) is 6.65. The maximum atomic E-state index is 12.5. The smallest absolute Gasteiger partial charge is 0.307 e. The first-order valence-corrected chi connectivity index (χ1v) is 8.64. The Balaban J connectivity index is 2.26. The lowest BCUT2D eigenvalue weighted by atomic mass is 9.79. The summed E-state index contributed by atoms with van der Waals surface area (Å²) in [4.78, 5) is 36.6. The van der Waals surface area contributed by atoms with E-state index in [1.807, 2.05) is 13.8 Å². The van der Waals surface area contributed by atoms with Crippen molar-refractivity contribution >= 4 is 34.1 Å². The molecule has 1 aliphatic rings. The number of nitrogens with two attached hydrogens (primary N) is 1. The van der Waals surface area contributed by atoms with Crippen LogP contribution < -0.4 is 11.1 Å². The maximum absolute atomic E-state index is 12.5. The second kappa shape index (κ2) is 7.12. The Kier molecular flexibility index (Phi) is 5.41. The van der Waals surface area contributed by atoms with Crippen molar-refractivity contribution in [3.05, 3.63) is 16.0 Å². The number of hydrogen-bond acceptors (Lipinski definition) is 4. The highest BCUT2D eigenvalue weighted by Gasteiger charge is 2.36. The first-order chi connectivity index (χ1) is 10.9. The highest BCUT2D eigenvalue weighted by Crippen LogP contribution is 2.36. The van der Waals surface area contributed by atoms with Gasteiger partial charge in [0.15, 0.2) is 0 Å². The molecule has 6 nitrogen and oxygen atoms in total. The van der Waals surface area contributed by atoms with Gasteiger partial charge in [-0.3, -0.25) is 14.4 Å². The number of thiophene rings is 1. The third-order valence-electron chi connectivity index (χ3n) is 4.47. The molecule has 1 aromatic rings. The summed E-state index contributed by atoms with van der Waals surface area (Å²) in [7, 11) is 0. The van der Waals surface area contributed by atoms with Gasteiger partial charge < -0.3 is 16.2 Å². The minimum atomic E-state index is -0.934. The number of carbonyl (C=O) groups excluding carboxylic acids is 2. The zero-order chi connectivity index (χ0) is 17.1. The number of hydrogen-bond donors (Lipinski definition) is 3. The lowest BCUT2D eigenvalue weighted by Crippen LogP contribution is -2.36. The van der Waals surface area contributed by atoms with E-state index in [2.05, 4.69) is 5.32 Å². The molecule has 126 valence electrons. The van der Waals surface area contributed by atoms with Crippen LogP contribution in [0.15, 0.2) is 0 Å². The molecule has 4 N–H and O–H groups in total. The van der Waals surface area contributed by atoms with Crippen LogP contribution in [0.3, 0.4) is 0 Å². The Labute approximate surface area is 139 Å². The molecule has 1 fully saturated rings. The Bertz CT molecular complexity index is 638. The van der Waals surface area contributed by atoms with Crippen LogP contribution in [0.4, 0.5) is 5.00 Å². The van der Waals surface area contributed by atoms with Crippen LogP contribution in [0, 0.1) is 18.8 Å². The van der Waals surface area contributed by atoms with Crippen molar-refractivity contribution in [1.82, 2.24) is 0 Å². The van der Waals surface area contributed by atoms with Crippen molar-refractivity contribution in [3.63, 3.8) is 0 Å². The number of rotatable bonds is 5. The van der Waals surface area contributed by atoms with Crippen LogP contribution in [-0.4, -0.2) is 22.9 Å². The molecule has 1 aliphatic carbocycles. The lowest BCUT2D eigenvalue weighted by Gasteiger charge is -2.27. The molecule has 1 saturated carbocycles. The van der Waals surface area contributed by atoms with E-state index < -0.39 is 23.7 Å². The molecule has 0 saturated heterocycles. The molecule has 0 unspecified atom stereocenters. The fourth-order valence-electron chi connectivity index (χ4n) is 3.30. The summed E-state index contributed by atoms with van der Waals surface area (Å²) in [5.74, 6) is -3.05. The van der Waals surface area contributed by atoms with Gasteiger partial charge in [-0.25, -0.2) is 0 Å². The van der Waals surface area contributed by atoms with Crippen molar-refractivity contribution in [2.45, 2.75) is 46.0 Å². The van der Waals surface area contributed by atoms with Crippen LogP contribution in [0.25, 0.3) is 0 Å². The third kappa shape index (κ3) is 3.55. The van der Waals surface area contributed by atoms with Gasteiger partial charge in [0.05, 0.1) is 17.4 Å². The first-order valence-electron chi connectivity index (χ1n) is 7.82.